The first-order chi connectivity index (χ1) is 16.5. The van der Waals surface area contributed by atoms with Crippen molar-refractivity contribution in [3.8, 4) is 0 Å². The quantitative estimate of drug-likeness (QED) is 0.187. The number of ether oxygens (including phenoxy) is 1. The molecule has 0 spiro atoms. The molecule has 34 heavy (non-hydrogen) atoms. The zero-order valence-electron chi connectivity index (χ0n) is 19.0. The van der Waals surface area contributed by atoms with Crippen LogP contribution in [0.3, 0.4) is 0 Å². The summed E-state index contributed by atoms with van der Waals surface area (Å²) >= 11 is 6.89. The van der Waals surface area contributed by atoms with Crippen molar-refractivity contribution in [3.63, 3.8) is 0 Å². The Hall–Kier alpha value is -3.36. The van der Waals surface area contributed by atoms with Crippen molar-refractivity contribution in [1.82, 2.24) is 0 Å². The van der Waals surface area contributed by atoms with Gasteiger partial charge in [-0.15, -0.1) is 11.8 Å². The Morgan fingerprint density at radius 3 is 2.18 bits per heavy atom. The topological polar surface area (TPSA) is 79.5 Å². The van der Waals surface area contributed by atoms with Gasteiger partial charge in [0.1, 0.15) is 0 Å². The molecule has 3 N–H and O–H groups in total. The normalized spacial score (nSPS) is 11.2. The third kappa shape index (κ3) is 7.60. The summed E-state index contributed by atoms with van der Waals surface area (Å²) in [5.41, 5.74) is 2.82. The van der Waals surface area contributed by atoms with Crippen molar-refractivity contribution in [2.45, 2.75) is 30.4 Å². The van der Waals surface area contributed by atoms with E-state index in [4.69, 9.17) is 17.0 Å². The summed E-state index contributed by atoms with van der Waals surface area (Å²) in [5.74, 6) is -0.481. The van der Waals surface area contributed by atoms with E-state index in [1.54, 1.807) is 31.2 Å². The van der Waals surface area contributed by atoms with Crippen LogP contribution < -0.4 is 16.0 Å². The number of carbonyl (C=O) groups excluding carboxylic acids is 2. The van der Waals surface area contributed by atoms with Gasteiger partial charge in [0.2, 0.25) is 5.91 Å². The fraction of sp³-hybridized carbons (Fsp3) is 0.192. The Kier molecular flexibility index (Phi) is 9.49. The number of rotatable bonds is 9. The first kappa shape index (κ1) is 25.3. The largest absolute Gasteiger partial charge is 0.462 e. The Labute approximate surface area is 209 Å². The van der Waals surface area contributed by atoms with Crippen LogP contribution in [0, 0.1) is 0 Å². The van der Waals surface area contributed by atoms with Gasteiger partial charge in [-0.2, -0.15) is 0 Å². The molecule has 8 heteroatoms. The van der Waals surface area contributed by atoms with E-state index in [1.807, 2.05) is 61.5 Å². The number of carbonyl (C=O) groups is 2. The molecule has 1 atom stereocenters. The number of esters is 1. The molecular weight excluding hydrogens is 466 g/mol. The lowest BCUT2D eigenvalue weighted by Crippen LogP contribution is -2.24. The van der Waals surface area contributed by atoms with Crippen LogP contribution in [0.4, 0.5) is 17.1 Å². The molecule has 3 aromatic carbocycles. The molecule has 1 unspecified atom stereocenters. The maximum Gasteiger partial charge on any atom is 0.338 e. The van der Waals surface area contributed by atoms with Crippen molar-refractivity contribution in [1.29, 1.82) is 0 Å². The number of thiocarbonyl (C=S) groups is 1. The van der Waals surface area contributed by atoms with E-state index in [-0.39, 0.29) is 17.1 Å². The molecule has 3 aromatic rings. The number of hydrogen-bond acceptors (Lipinski definition) is 5. The highest BCUT2D eigenvalue weighted by atomic mass is 32.2. The molecule has 0 heterocycles. The van der Waals surface area contributed by atoms with Crippen LogP contribution in [-0.4, -0.2) is 28.8 Å². The van der Waals surface area contributed by atoms with Crippen molar-refractivity contribution in [2.75, 3.05) is 22.6 Å². The van der Waals surface area contributed by atoms with Crippen molar-refractivity contribution < 1.29 is 14.3 Å². The first-order valence-corrected chi connectivity index (χ1v) is 12.2. The van der Waals surface area contributed by atoms with Gasteiger partial charge in [0.25, 0.3) is 0 Å². The highest BCUT2D eigenvalue weighted by molar-refractivity contribution is 8.00. The van der Waals surface area contributed by atoms with Crippen molar-refractivity contribution in [2.24, 2.45) is 0 Å². The highest BCUT2D eigenvalue weighted by Crippen LogP contribution is 2.28. The predicted octanol–water partition coefficient (Wildman–Crippen LogP) is 6.18. The van der Waals surface area contributed by atoms with E-state index in [0.717, 1.165) is 16.3 Å². The second kappa shape index (κ2) is 12.8. The van der Waals surface area contributed by atoms with Crippen LogP contribution in [0.25, 0.3) is 0 Å². The molecule has 0 aliphatic carbocycles. The van der Waals surface area contributed by atoms with Gasteiger partial charge >= 0.3 is 5.97 Å². The summed E-state index contributed by atoms with van der Waals surface area (Å²) in [4.78, 5) is 25.6. The van der Waals surface area contributed by atoms with Crippen molar-refractivity contribution >= 4 is 58.0 Å². The maximum atomic E-state index is 12.9. The lowest BCUT2D eigenvalue weighted by atomic mass is 10.2. The van der Waals surface area contributed by atoms with Gasteiger partial charge in [0.05, 0.1) is 17.4 Å². The van der Waals surface area contributed by atoms with Crippen molar-refractivity contribution in [3.05, 3.63) is 84.4 Å². The van der Waals surface area contributed by atoms with E-state index < -0.39 is 0 Å². The van der Waals surface area contributed by atoms with Gasteiger partial charge in [-0.05, 0) is 80.2 Å². The van der Waals surface area contributed by atoms with Crippen LogP contribution in [0.1, 0.15) is 30.6 Å². The van der Waals surface area contributed by atoms with Gasteiger partial charge in [0.15, 0.2) is 5.11 Å². The fourth-order valence-corrected chi connectivity index (χ4v) is 4.32. The monoisotopic (exact) mass is 493 g/mol. The maximum absolute atomic E-state index is 12.9. The molecular formula is C26H27N3O3S2. The van der Waals surface area contributed by atoms with E-state index >= 15 is 0 Å². The fourth-order valence-electron chi connectivity index (χ4n) is 3.08. The molecule has 0 radical (unpaired) electrons. The first-order valence-electron chi connectivity index (χ1n) is 11.0. The van der Waals surface area contributed by atoms with E-state index in [1.165, 1.54) is 11.8 Å². The van der Waals surface area contributed by atoms with Crippen LogP contribution in [0.5, 0.6) is 0 Å². The van der Waals surface area contributed by atoms with Gasteiger partial charge in [0, 0.05) is 22.0 Å². The smallest absolute Gasteiger partial charge is 0.338 e. The minimum atomic E-state index is -0.380. The third-order valence-corrected chi connectivity index (χ3v) is 6.29. The zero-order valence-corrected chi connectivity index (χ0v) is 20.7. The number of thioether (sulfide) groups is 1. The minimum absolute atomic E-state index is 0.101. The zero-order chi connectivity index (χ0) is 24.3. The number of amides is 1. The Bertz CT molecular complexity index is 1120. The summed E-state index contributed by atoms with van der Waals surface area (Å²) in [5, 5.41) is 9.46. The summed E-state index contributed by atoms with van der Waals surface area (Å²) in [6.07, 6.45) is 0.656. The summed E-state index contributed by atoms with van der Waals surface area (Å²) in [6, 6.07) is 24.2. The summed E-state index contributed by atoms with van der Waals surface area (Å²) < 4.78 is 4.99. The number of benzene rings is 3. The molecule has 176 valence electrons. The molecule has 0 aliphatic rings. The average Bonchev–Trinajstić information content (AvgIpc) is 2.84. The molecule has 6 nitrogen and oxygen atoms in total. The molecule has 0 fully saturated rings. The Morgan fingerprint density at radius 2 is 1.50 bits per heavy atom. The van der Waals surface area contributed by atoms with Gasteiger partial charge in [-0.25, -0.2) is 4.79 Å². The number of hydrogen-bond donors (Lipinski definition) is 3. The van der Waals surface area contributed by atoms with E-state index in [9.17, 15) is 9.59 Å². The molecule has 0 aromatic heterocycles. The molecule has 3 rings (SSSR count). The minimum Gasteiger partial charge on any atom is -0.462 e. The second-order valence-corrected chi connectivity index (χ2v) is 8.96. The number of para-hydroxylation sites is 1. The highest BCUT2D eigenvalue weighted by Gasteiger charge is 2.18. The molecule has 0 aliphatic heterocycles. The van der Waals surface area contributed by atoms with Crippen LogP contribution >= 0.6 is 24.0 Å². The number of nitrogens with one attached hydrogen (secondary N) is 3. The van der Waals surface area contributed by atoms with Crippen LogP contribution in [-0.2, 0) is 9.53 Å². The summed E-state index contributed by atoms with van der Waals surface area (Å²) in [7, 11) is 0. The van der Waals surface area contributed by atoms with Crippen LogP contribution in [0.2, 0.25) is 0 Å². The molecule has 0 saturated carbocycles. The lowest BCUT2D eigenvalue weighted by Gasteiger charge is -2.16. The molecule has 0 saturated heterocycles. The Morgan fingerprint density at radius 1 is 0.853 bits per heavy atom. The standard InChI is InChI=1S/C26H27N3O3S2/c1-3-23(24(30)27-20-15-13-18(14-16-20)25(31)32-4-2)34-22-12-8-11-21(17-22)29-26(33)28-19-9-6-5-7-10-19/h5-17,23H,3-4H2,1-2H3,(H,27,30)(H2,28,29,33). The molecule has 1 amide bonds. The second-order valence-electron chi connectivity index (χ2n) is 7.27. The molecule has 0 bridgehead atoms. The van der Waals surface area contributed by atoms with E-state index in [2.05, 4.69) is 16.0 Å². The van der Waals surface area contributed by atoms with Gasteiger partial charge in [-0.3, -0.25) is 4.79 Å². The summed E-state index contributed by atoms with van der Waals surface area (Å²) in [6.45, 7) is 4.05. The Balaban J connectivity index is 1.58. The van der Waals surface area contributed by atoms with E-state index in [0.29, 0.717) is 29.4 Å². The third-order valence-electron chi connectivity index (χ3n) is 4.73. The average molecular weight is 494 g/mol. The van der Waals surface area contributed by atoms with Crippen LogP contribution in [0.15, 0.2) is 83.8 Å². The van der Waals surface area contributed by atoms with Gasteiger partial charge in [-0.1, -0.05) is 31.2 Å². The van der Waals surface area contributed by atoms with Gasteiger partial charge < -0.3 is 20.7 Å². The SMILES string of the molecule is CCOC(=O)c1ccc(NC(=O)C(CC)Sc2cccc(NC(=S)Nc3ccccc3)c2)cc1. The lowest BCUT2D eigenvalue weighted by molar-refractivity contribution is -0.115. The predicted molar refractivity (Wildman–Crippen MR) is 144 cm³/mol. The number of anilines is 3.